The highest BCUT2D eigenvalue weighted by Crippen LogP contribution is 2.36. The van der Waals surface area contributed by atoms with Crippen molar-refractivity contribution >= 4 is 11.9 Å². The normalized spacial score (nSPS) is 22.1. The number of hydrogen-bond acceptors (Lipinski definition) is 5. The average Bonchev–Trinajstić information content (AvgIpc) is 2.95. The molecule has 1 saturated heterocycles. The van der Waals surface area contributed by atoms with E-state index in [9.17, 15) is 4.39 Å². The van der Waals surface area contributed by atoms with E-state index in [0.717, 1.165) is 24.4 Å². The lowest BCUT2D eigenvalue weighted by Gasteiger charge is -2.20. The molecule has 0 radical (unpaired) electrons. The molecule has 1 fully saturated rings. The summed E-state index contributed by atoms with van der Waals surface area (Å²) in [4.78, 5) is 20.3. The van der Waals surface area contributed by atoms with Gasteiger partial charge in [-0.3, -0.25) is 9.29 Å². The number of nitrogens with zero attached hydrogens (tertiary/aromatic N) is 2. The molecule has 2 N–H and O–H groups in total. The summed E-state index contributed by atoms with van der Waals surface area (Å²) in [5, 5.41) is 18.6. The summed E-state index contributed by atoms with van der Waals surface area (Å²) in [6.07, 6.45) is 0.900. The monoisotopic (exact) mass is 288 g/mol. The molecule has 7 nitrogen and oxygen atoms in total. The molecule has 20 heavy (non-hydrogen) atoms. The first-order valence-electron chi connectivity index (χ1n) is 6.02. The van der Waals surface area contributed by atoms with Gasteiger partial charge in [-0.1, -0.05) is 5.16 Å². The molecule has 1 aromatic heterocycles. The predicted molar refractivity (Wildman–Crippen MR) is 66.0 cm³/mol. The summed E-state index contributed by atoms with van der Waals surface area (Å²) < 4.78 is 17.9. The zero-order chi connectivity index (χ0) is 15.3. The third kappa shape index (κ3) is 4.02. The van der Waals surface area contributed by atoms with Crippen molar-refractivity contribution in [3.63, 3.8) is 0 Å². The zero-order valence-electron chi connectivity index (χ0n) is 11.2. The van der Waals surface area contributed by atoms with Gasteiger partial charge in [-0.2, -0.15) is 0 Å². The molecular formula is C12H17FN2O5. The van der Waals surface area contributed by atoms with Crippen molar-refractivity contribution in [3.8, 4) is 0 Å². The number of halogens is 1. The van der Waals surface area contributed by atoms with Crippen LogP contribution >= 0.6 is 0 Å². The number of carboxylic acid groups (broad SMARTS) is 2. The summed E-state index contributed by atoms with van der Waals surface area (Å²) in [5.74, 6) is -2.79. The Morgan fingerprint density at radius 1 is 1.50 bits per heavy atom. The number of alkyl halides is 1. The van der Waals surface area contributed by atoms with Gasteiger partial charge in [0.15, 0.2) is 5.76 Å². The van der Waals surface area contributed by atoms with Gasteiger partial charge in [0.05, 0.1) is 18.4 Å². The van der Waals surface area contributed by atoms with Crippen LogP contribution in [0.15, 0.2) is 10.6 Å². The van der Waals surface area contributed by atoms with E-state index in [1.165, 1.54) is 0 Å². The van der Waals surface area contributed by atoms with E-state index in [1.54, 1.807) is 0 Å². The highest BCUT2D eigenvalue weighted by Gasteiger charge is 2.35. The van der Waals surface area contributed by atoms with E-state index in [1.807, 2.05) is 20.0 Å². The van der Waals surface area contributed by atoms with Crippen LogP contribution in [0.25, 0.3) is 0 Å². The maximum atomic E-state index is 12.7. The molecule has 1 aromatic rings. The Morgan fingerprint density at radius 2 is 2.10 bits per heavy atom. The van der Waals surface area contributed by atoms with Gasteiger partial charge in [0.2, 0.25) is 0 Å². The van der Waals surface area contributed by atoms with Crippen LogP contribution in [0.4, 0.5) is 4.39 Å². The molecule has 0 saturated carbocycles. The van der Waals surface area contributed by atoms with Crippen LogP contribution in [0, 0.1) is 12.8 Å². The van der Waals surface area contributed by atoms with Crippen molar-refractivity contribution in [3.05, 3.63) is 17.5 Å². The molecular weight excluding hydrogens is 271 g/mol. The van der Waals surface area contributed by atoms with Gasteiger partial charge in [0.25, 0.3) is 0 Å². The van der Waals surface area contributed by atoms with Gasteiger partial charge in [0, 0.05) is 12.0 Å². The van der Waals surface area contributed by atoms with Gasteiger partial charge in [-0.05, 0) is 26.9 Å². The maximum Gasteiger partial charge on any atom is 0.414 e. The topological polar surface area (TPSA) is 104 Å². The predicted octanol–water partition coefficient (Wildman–Crippen LogP) is 1.10. The summed E-state index contributed by atoms with van der Waals surface area (Å²) in [5.41, 5.74) is 0.859. The minimum Gasteiger partial charge on any atom is -0.473 e. The SMILES string of the molecule is Cc1cc([C@H]2[C@H](CF)CCN2C)on1.O=C(O)C(=O)O. The third-order valence-electron chi connectivity index (χ3n) is 3.09. The van der Waals surface area contributed by atoms with Crippen LogP contribution in [0.3, 0.4) is 0 Å². The molecule has 0 aliphatic carbocycles. The van der Waals surface area contributed by atoms with Crippen molar-refractivity contribution < 1.29 is 28.7 Å². The standard InChI is InChI=1S/C10H15FN2O.C2H2O4/c1-7-5-9(14-12-7)10-8(6-11)3-4-13(10)2;3-1(4)2(5)6/h5,8,10H,3-4,6H2,1-2H3;(H,3,4)(H,5,6)/t8-,10+;/m0./s1. The van der Waals surface area contributed by atoms with E-state index in [2.05, 4.69) is 10.1 Å². The number of aryl methyl sites for hydroxylation is 1. The molecule has 2 heterocycles. The quantitative estimate of drug-likeness (QED) is 0.785. The lowest BCUT2D eigenvalue weighted by molar-refractivity contribution is -0.159. The number of carboxylic acids is 2. The second-order valence-corrected chi connectivity index (χ2v) is 4.61. The number of hydrogen-bond donors (Lipinski definition) is 2. The molecule has 112 valence electrons. The first-order chi connectivity index (χ1) is 9.36. The highest BCUT2D eigenvalue weighted by atomic mass is 19.1. The van der Waals surface area contributed by atoms with E-state index in [4.69, 9.17) is 24.3 Å². The van der Waals surface area contributed by atoms with Crippen LogP contribution in [0.2, 0.25) is 0 Å². The number of rotatable bonds is 2. The van der Waals surface area contributed by atoms with Crippen molar-refractivity contribution in [2.24, 2.45) is 5.92 Å². The van der Waals surface area contributed by atoms with Gasteiger partial charge < -0.3 is 14.7 Å². The summed E-state index contributed by atoms with van der Waals surface area (Å²) >= 11 is 0. The van der Waals surface area contributed by atoms with Crippen LogP contribution in [-0.4, -0.2) is 52.5 Å². The molecule has 0 spiro atoms. The number of aromatic nitrogens is 1. The fraction of sp³-hybridized carbons (Fsp3) is 0.583. The molecule has 0 bridgehead atoms. The Hall–Kier alpha value is -1.96. The minimum absolute atomic E-state index is 0.0624. The van der Waals surface area contributed by atoms with Crippen molar-refractivity contribution in [2.75, 3.05) is 20.3 Å². The van der Waals surface area contributed by atoms with Crippen LogP contribution in [0.5, 0.6) is 0 Å². The minimum atomic E-state index is -1.82. The first-order valence-corrected chi connectivity index (χ1v) is 6.02. The average molecular weight is 288 g/mol. The molecule has 0 amide bonds. The van der Waals surface area contributed by atoms with Crippen LogP contribution in [-0.2, 0) is 9.59 Å². The number of carbonyl (C=O) groups is 2. The summed E-state index contributed by atoms with van der Waals surface area (Å²) in [7, 11) is 2.00. The van der Waals surface area contributed by atoms with E-state index in [-0.39, 0.29) is 18.6 Å². The zero-order valence-corrected chi connectivity index (χ0v) is 11.2. The molecule has 1 aliphatic heterocycles. The lowest BCUT2D eigenvalue weighted by atomic mass is 10.00. The van der Waals surface area contributed by atoms with E-state index in [0.29, 0.717) is 0 Å². The van der Waals surface area contributed by atoms with Gasteiger partial charge >= 0.3 is 11.9 Å². The Balaban J connectivity index is 0.000000286. The Labute approximate surface area is 115 Å². The molecule has 2 rings (SSSR count). The van der Waals surface area contributed by atoms with E-state index >= 15 is 0 Å². The number of aliphatic carboxylic acids is 2. The largest absolute Gasteiger partial charge is 0.473 e. The van der Waals surface area contributed by atoms with Crippen molar-refractivity contribution in [1.29, 1.82) is 0 Å². The second kappa shape index (κ2) is 6.99. The molecule has 8 heteroatoms. The molecule has 0 unspecified atom stereocenters. The Bertz CT molecular complexity index is 464. The lowest BCUT2D eigenvalue weighted by Crippen LogP contribution is -2.21. The summed E-state index contributed by atoms with van der Waals surface area (Å²) in [6, 6.07) is 1.97. The first kappa shape index (κ1) is 16.1. The van der Waals surface area contributed by atoms with Crippen LogP contribution in [0.1, 0.15) is 23.9 Å². The second-order valence-electron chi connectivity index (χ2n) is 4.61. The van der Waals surface area contributed by atoms with Crippen LogP contribution < -0.4 is 0 Å². The Morgan fingerprint density at radius 3 is 2.50 bits per heavy atom. The highest BCUT2D eigenvalue weighted by molar-refractivity contribution is 6.27. The maximum absolute atomic E-state index is 12.7. The molecule has 1 aliphatic rings. The van der Waals surface area contributed by atoms with Gasteiger partial charge in [-0.15, -0.1) is 0 Å². The Kier molecular flexibility index (Phi) is 5.63. The smallest absolute Gasteiger partial charge is 0.414 e. The molecule has 2 atom stereocenters. The van der Waals surface area contributed by atoms with E-state index < -0.39 is 11.9 Å². The fourth-order valence-electron chi connectivity index (χ4n) is 2.16. The van der Waals surface area contributed by atoms with Crippen molar-refractivity contribution in [2.45, 2.75) is 19.4 Å². The number of likely N-dealkylation sites (tertiary alicyclic amines) is 1. The van der Waals surface area contributed by atoms with Gasteiger partial charge in [0.1, 0.15) is 0 Å². The fourth-order valence-corrected chi connectivity index (χ4v) is 2.16. The molecule has 0 aromatic carbocycles. The summed E-state index contributed by atoms with van der Waals surface area (Å²) in [6.45, 7) is 2.53. The third-order valence-corrected chi connectivity index (χ3v) is 3.09. The van der Waals surface area contributed by atoms with Gasteiger partial charge in [-0.25, -0.2) is 9.59 Å². The van der Waals surface area contributed by atoms with Crippen molar-refractivity contribution in [1.82, 2.24) is 10.1 Å².